The summed E-state index contributed by atoms with van der Waals surface area (Å²) in [6.45, 7) is 2.57. The van der Waals surface area contributed by atoms with Gasteiger partial charge in [0.1, 0.15) is 5.75 Å². The molecule has 0 atom stereocenters. The molecular formula is C19H17NO2S. The first kappa shape index (κ1) is 15.3. The predicted octanol–water partition coefficient (Wildman–Crippen LogP) is 5.07. The normalized spacial score (nSPS) is 10.3. The Hall–Kier alpha value is -2.59. The fourth-order valence-corrected chi connectivity index (χ4v) is 2.97. The number of carbonyl (C=O) groups excluding carboxylic acids is 1. The van der Waals surface area contributed by atoms with E-state index in [9.17, 15) is 4.79 Å². The Morgan fingerprint density at radius 3 is 2.39 bits per heavy atom. The Bertz CT molecular complexity index is 762. The largest absolute Gasteiger partial charge is 0.494 e. The molecule has 3 rings (SSSR count). The zero-order valence-corrected chi connectivity index (χ0v) is 13.6. The predicted molar refractivity (Wildman–Crippen MR) is 95.3 cm³/mol. The summed E-state index contributed by atoms with van der Waals surface area (Å²) in [6.07, 6.45) is 0. The van der Waals surface area contributed by atoms with Gasteiger partial charge >= 0.3 is 0 Å². The molecule has 0 unspecified atom stereocenters. The van der Waals surface area contributed by atoms with E-state index in [0.29, 0.717) is 12.2 Å². The van der Waals surface area contributed by atoms with Crippen molar-refractivity contribution in [2.24, 2.45) is 0 Å². The Kier molecular flexibility index (Phi) is 4.74. The summed E-state index contributed by atoms with van der Waals surface area (Å²) in [7, 11) is 0. The van der Waals surface area contributed by atoms with Crippen molar-refractivity contribution in [2.45, 2.75) is 6.92 Å². The molecule has 3 nitrogen and oxygen atoms in total. The first-order valence-corrected chi connectivity index (χ1v) is 8.32. The number of rotatable bonds is 5. The topological polar surface area (TPSA) is 38.3 Å². The number of carbonyl (C=O) groups is 1. The second-order valence-electron chi connectivity index (χ2n) is 4.97. The van der Waals surface area contributed by atoms with Crippen LogP contribution in [-0.4, -0.2) is 12.5 Å². The minimum absolute atomic E-state index is 0.119. The van der Waals surface area contributed by atoms with Crippen molar-refractivity contribution in [1.29, 1.82) is 0 Å². The molecule has 0 aliphatic carbocycles. The van der Waals surface area contributed by atoms with Crippen LogP contribution in [0, 0.1) is 0 Å². The lowest BCUT2D eigenvalue weighted by Crippen LogP contribution is -2.11. The van der Waals surface area contributed by atoms with Crippen LogP contribution < -0.4 is 10.1 Å². The molecule has 0 saturated carbocycles. The van der Waals surface area contributed by atoms with Gasteiger partial charge in [-0.2, -0.15) is 0 Å². The second kappa shape index (κ2) is 7.11. The highest BCUT2D eigenvalue weighted by Gasteiger charge is 2.07. The Morgan fingerprint density at radius 1 is 1.04 bits per heavy atom. The Balaban J connectivity index is 1.68. The van der Waals surface area contributed by atoms with E-state index in [4.69, 9.17) is 4.74 Å². The maximum atomic E-state index is 12.3. The van der Waals surface area contributed by atoms with Crippen LogP contribution >= 0.6 is 11.3 Å². The van der Waals surface area contributed by atoms with Gasteiger partial charge in [0.25, 0.3) is 5.91 Å². The number of amides is 1. The van der Waals surface area contributed by atoms with Crippen LogP contribution in [0.2, 0.25) is 0 Å². The molecule has 1 aromatic heterocycles. The first-order valence-electron chi connectivity index (χ1n) is 7.44. The summed E-state index contributed by atoms with van der Waals surface area (Å²) in [4.78, 5) is 13.5. The highest BCUT2D eigenvalue weighted by Crippen LogP contribution is 2.25. The van der Waals surface area contributed by atoms with Gasteiger partial charge in [-0.1, -0.05) is 18.2 Å². The third-order valence-electron chi connectivity index (χ3n) is 3.38. The second-order valence-corrected chi connectivity index (χ2v) is 5.91. The van der Waals surface area contributed by atoms with E-state index in [0.717, 1.165) is 17.0 Å². The fourth-order valence-electron chi connectivity index (χ4n) is 2.23. The molecule has 0 aliphatic heterocycles. The molecule has 1 amide bonds. The average molecular weight is 323 g/mol. The van der Waals surface area contributed by atoms with E-state index in [1.165, 1.54) is 4.88 Å². The van der Waals surface area contributed by atoms with Crippen LogP contribution in [0.1, 0.15) is 17.3 Å². The van der Waals surface area contributed by atoms with Crippen LogP contribution in [-0.2, 0) is 0 Å². The SMILES string of the molecule is CCOc1ccc(NC(=O)c2ccc(-c3cccs3)cc2)cc1. The van der Waals surface area contributed by atoms with Crippen LogP contribution in [0.3, 0.4) is 0 Å². The molecule has 23 heavy (non-hydrogen) atoms. The minimum Gasteiger partial charge on any atom is -0.494 e. The summed E-state index contributed by atoms with van der Waals surface area (Å²) >= 11 is 1.69. The van der Waals surface area contributed by atoms with E-state index in [-0.39, 0.29) is 5.91 Å². The molecule has 2 aromatic carbocycles. The van der Waals surface area contributed by atoms with Gasteiger partial charge in [-0.3, -0.25) is 4.79 Å². The lowest BCUT2D eigenvalue weighted by Gasteiger charge is -2.07. The number of nitrogens with one attached hydrogen (secondary N) is 1. The lowest BCUT2D eigenvalue weighted by atomic mass is 10.1. The average Bonchev–Trinajstić information content (AvgIpc) is 3.11. The van der Waals surface area contributed by atoms with Gasteiger partial charge in [0.15, 0.2) is 0 Å². The summed E-state index contributed by atoms with van der Waals surface area (Å²) < 4.78 is 5.39. The van der Waals surface area contributed by atoms with Crippen LogP contribution in [0.25, 0.3) is 10.4 Å². The van der Waals surface area contributed by atoms with E-state index in [2.05, 4.69) is 11.4 Å². The minimum atomic E-state index is -0.119. The van der Waals surface area contributed by atoms with E-state index in [1.54, 1.807) is 11.3 Å². The van der Waals surface area contributed by atoms with Gasteiger partial charge < -0.3 is 10.1 Å². The number of anilines is 1. The quantitative estimate of drug-likeness (QED) is 0.712. The number of hydrogen-bond donors (Lipinski definition) is 1. The number of hydrogen-bond acceptors (Lipinski definition) is 3. The third kappa shape index (κ3) is 3.79. The highest BCUT2D eigenvalue weighted by molar-refractivity contribution is 7.13. The standard InChI is InChI=1S/C19H17NO2S/c1-2-22-17-11-9-16(10-12-17)20-19(21)15-7-5-14(6-8-15)18-4-3-13-23-18/h3-13H,2H2,1H3,(H,20,21). The molecule has 0 spiro atoms. The summed E-state index contributed by atoms with van der Waals surface area (Å²) in [5.74, 6) is 0.678. The van der Waals surface area contributed by atoms with Crippen molar-refractivity contribution in [3.8, 4) is 16.2 Å². The summed E-state index contributed by atoms with van der Waals surface area (Å²) in [6, 6.07) is 19.1. The number of benzene rings is 2. The van der Waals surface area contributed by atoms with E-state index in [1.807, 2.05) is 66.9 Å². The molecule has 0 fully saturated rings. The van der Waals surface area contributed by atoms with Crippen molar-refractivity contribution >= 4 is 22.9 Å². The summed E-state index contributed by atoms with van der Waals surface area (Å²) in [5.41, 5.74) is 2.51. The molecule has 0 bridgehead atoms. The van der Waals surface area contributed by atoms with Crippen LogP contribution in [0.15, 0.2) is 66.0 Å². The molecule has 4 heteroatoms. The molecule has 0 saturated heterocycles. The van der Waals surface area contributed by atoms with Crippen LogP contribution in [0.4, 0.5) is 5.69 Å². The lowest BCUT2D eigenvalue weighted by molar-refractivity contribution is 0.102. The Labute approximate surface area is 139 Å². The Morgan fingerprint density at radius 2 is 1.78 bits per heavy atom. The fraction of sp³-hybridized carbons (Fsp3) is 0.105. The van der Waals surface area contributed by atoms with Crippen molar-refractivity contribution in [3.05, 3.63) is 71.6 Å². The van der Waals surface area contributed by atoms with Crippen molar-refractivity contribution < 1.29 is 9.53 Å². The van der Waals surface area contributed by atoms with Gasteiger partial charge in [-0.15, -0.1) is 11.3 Å². The molecule has 1 heterocycles. The summed E-state index contributed by atoms with van der Waals surface area (Å²) in [5, 5.41) is 4.93. The molecule has 116 valence electrons. The zero-order valence-electron chi connectivity index (χ0n) is 12.8. The van der Waals surface area contributed by atoms with Gasteiger partial charge in [-0.25, -0.2) is 0 Å². The maximum absolute atomic E-state index is 12.3. The van der Waals surface area contributed by atoms with Crippen LogP contribution in [0.5, 0.6) is 5.75 Å². The third-order valence-corrected chi connectivity index (χ3v) is 4.29. The number of thiophene rings is 1. The van der Waals surface area contributed by atoms with Gasteiger partial charge in [0, 0.05) is 16.1 Å². The number of ether oxygens (including phenoxy) is 1. The molecule has 0 radical (unpaired) electrons. The smallest absolute Gasteiger partial charge is 0.255 e. The van der Waals surface area contributed by atoms with Crippen molar-refractivity contribution in [2.75, 3.05) is 11.9 Å². The van der Waals surface area contributed by atoms with Gasteiger partial charge in [-0.05, 0) is 60.3 Å². The first-order chi connectivity index (χ1) is 11.3. The van der Waals surface area contributed by atoms with E-state index < -0.39 is 0 Å². The monoisotopic (exact) mass is 323 g/mol. The molecule has 0 aliphatic rings. The molecular weight excluding hydrogens is 306 g/mol. The molecule has 3 aromatic rings. The van der Waals surface area contributed by atoms with Gasteiger partial charge in [0.2, 0.25) is 0 Å². The van der Waals surface area contributed by atoms with Crippen molar-refractivity contribution in [3.63, 3.8) is 0 Å². The zero-order chi connectivity index (χ0) is 16.1. The van der Waals surface area contributed by atoms with E-state index >= 15 is 0 Å². The molecule has 1 N–H and O–H groups in total. The maximum Gasteiger partial charge on any atom is 0.255 e. The van der Waals surface area contributed by atoms with Crippen molar-refractivity contribution in [1.82, 2.24) is 0 Å². The highest BCUT2D eigenvalue weighted by atomic mass is 32.1. The van der Waals surface area contributed by atoms with Gasteiger partial charge in [0.05, 0.1) is 6.61 Å².